The van der Waals surface area contributed by atoms with Gasteiger partial charge in [-0.2, -0.15) is 0 Å². The number of nitrogens with zero attached hydrogens (tertiary/aromatic N) is 1. The highest BCUT2D eigenvalue weighted by atomic mass is 19.1. The molecule has 2 fully saturated rings. The molecule has 2 saturated heterocycles. The molecule has 1 N–H and O–H groups in total. The van der Waals surface area contributed by atoms with Crippen LogP contribution in [-0.2, 0) is 9.59 Å². The predicted octanol–water partition coefficient (Wildman–Crippen LogP) is 2.59. The number of nitrogens with one attached hydrogen (secondary N) is 1. The van der Waals surface area contributed by atoms with E-state index >= 15 is 0 Å². The van der Waals surface area contributed by atoms with Gasteiger partial charge in [0.2, 0.25) is 11.8 Å². The Bertz CT molecular complexity index is 619. The topological polar surface area (TPSA) is 49.4 Å². The molecule has 1 aromatic rings. The van der Waals surface area contributed by atoms with Crippen molar-refractivity contribution in [2.45, 2.75) is 50.5 Å². The van der Waals surface area contributed by atoms with E-state index in [9.17, 15) is 14.0 Å². The fourth-order valence-electron chi connectivity index (χ4n) is 3.63. The molecule has 5 heteroatoms. The molecule has 124 valence electrons. The molecule has 2 amide bonds. The summed E-state index contributed by atoms with van der Waals surface area (Å²) in [5.74, 6) is 0.0712. The molecule has 1 aromatic carbocycles. The number of hydrogen-bond donors (Lipinski definition) is 1. The Hall–Kier alpha value is -1.91. The third-order valence-corrected chi connectivity index (χ3v) is 5.12. The Kier molecular flexibility index (Phi) is 4.37. The van der Waals surface area contributed by atoms with E-state index < -0.39 is 0 Å². The summed E-state index contributed by atoms with van der Waals surface area (Å²) in [7, 11) is 0. The van der Waals surface area contributed by atoms with E-state index in [1.165, 1.54) is 6.07 Å². The summed E-state index contributed by atoms with van der Waals surface area (Å²) >= 11 is 0. The lowest BCUT2D eigenvalue weighted by molar-refractivity contribution is -0.130. The van der Waals surface area contributed by atoms with Crippen molar-refractivity contribution in [3.05, 3.63) is 35.6 Å². The number of benzene rings is 1. The van der Waals surface area contributed by atoms with E-state index in [1.54, 1.807) is 6.07 Å². The van der Waals surface area contributed by atoms with Crippen molar-refractivity contribution < 1.29 is 14.0 Å². The third kappa shape index (κ3) is 3.54. The van der Waals surface area contributed by atoms with Gasteiger partial charge < -0.3 is 10.2 Å². The zero-order valence-electron chi connectivity index (χ0n) is 13.5. The van der Waals surface area contributed by atoms with Crippen molar-refractivity contribution >= 4 is 11.8 Å². The quantitative estimate of drug-likeness (QED) is 0.927. The molecule has 2 aliphatic heterocycles. The molecule has 4 nitrogen and oxygen atoms in total. The Labute approximate surface area is 136 Å². The van der Waals surface area contributed by atoms with Gasteiger partial charge in [-0.05, 0) is 37.8 Å². The second kappa shape index (κ2) is 6.30. The first-order valence-electron chi connectivity index (χ1n) is 8.30. The first-order valence-corrected chi connectivity index (χ1v) is 8.30. The van der Waals surface area contributed by atoms with E-state index in [-0.39, 0.29) is 29.1 Å². The maximum absolute atomic E-state index is 13.9. The van der Waals surface area contributed by atoms with E-state index in [4.69, 9.17) is 0 Å². The van der Waals surface area contributed by atoms with E-state index in [1.807, 2.05) is 24.0 Å². The SMILES string of the molecule is CC1(CCC(=O)N2CCC(c3ccccc3F)C2)CCC(=O)N1. The molecule has 3 rings (SSSR count). The van der Waals surface area contributed by atoms with Crippen LogP contribution < -0.4 is 5.32 Å². The summed E-state index contributed by atoms with van der Waals surface area (Å²) in [5, 5.41) is 2.96. The van der Waals surface area contributed by atoms with Crippen molar-refractivity contribution in [2.24, 2.45) is 0 Å². The summed E-state index contributed by atoms with van der Waals surface area (Å²) in [6.07, 6.45) is 3.24. The van der Waals surface area contributed by atoms with Gasteiger partial charge in [-0.25, -0.2) is 4.39 Å². The summed E-state index contributed by atoms with van der Waals surface area (Å²) in [4.78, 5) is 25.6. The van der Waals surface area contributed by atoms with Crippen LogP contribution >= 0.6 is 0 Å². The fourth-order valence-corrected chi connectivity index (χ4v) is 3.63. The van der Waals surface area contributed by atoms with Crippen molar-refractivity contribution in [1.82, 2.24) is 10.2 Å². The number of likely N-dealkylation sites (tertiary alicyclic amines) is 1. The van der Waals surface area contributed by atoms with Crippen LogP contribution in [0.3, 0.4) is 0 Å². The van der Waals surface area contributed by atoms with Crippen LogP contribution in [0.25, 0.3) is 0 Å². The molecular formula is C18H23FN2O2. The maximum Gasteiger partial charge on any atom is 0.222 e. The molecule has 0 saturated carbocycles. The minimum Gasteiger partial charge on any atom is -0.351 e. The second-order valence-electron chi connectivity index (χ2n) is 6.96. The number of rotatable bonds is 4. The number of amides is 2. The van der Waals surface area contributed by atoms with Crippen LogP contribution in [0.4, 0.5) is 4.39 Å². The second-order valence-corrected chi connectivity index (χ2v) is 6.96. The van der Waals surface area contributed by atoms with Gasteiger partial charge >= 0.3 is 0 Å². The highest BCUT2D eigenvalue weighted by molar-refractivity contribution is 5.80. The summed E-state index contributed by atoms with van der Waals surface area (Å²) < 4.78 is 13.9. The third-order valence-electron chi connectivity index (χ3n) is 5.12. The summed E-state index contributed by atoms with van der Waals surface area (Å²) in [6, 6.07) is 6.81. The van der Waals surface area contributed by atoms with Crippen molar-refractivity contribution in [1.29, 1.82) is 0 Å². The van der Waals surface area contributed by atoms with Gasteiger partial charge in [0, 0.05) is 37.4 Å². The Morgan fingerprint density at radius 1 is 1.43 bits per heavy atom. The average Bonchev–Trinajstić information content (AvgIpc) is 3.13. The van der Waals surface area contributed by atoms with Gasteiger partial charge in [0.15, 0.2) is 0 Å². The van der Waals surface area contributed by atoms with Gasteiger partial charge in [-0.15, -0.1) is 0 Å². The molecule has 2 heterocycles. The van der Waals surface area contributed by atoms with Gasteiger partial charge in [0.25, 0.3) is 0 Å². The first kappa shape index (κ1) is 16.0. The lowest BCUT2D eigenvalue weighted by Gasteiger charge is -2.25. The van der Waals surface area contributed by atoms with Crippen molar-refractivity contribution in [3.63, 3.8) is 0 Å². The van der Waals surface area contributed by atoms with Crippen molar-refractivity contribution in [3.8, 4) is 0 Å². The molecular weight excluding hydrogens is 295 g/mol. The Morgan fingerprint density at radius 3 is 2.91 bits per heavy atom. The predicted molar refractivity (Wildman–Crippen MR) is 85.4 cm³/mol. The smallest absolute Gasteiger partial charge is 0.222 e. The molecule has 0 spiro atoms. The van der Waals surface area contributed by atoms with Crippen LogP contribution in [0.5, 0.6) is 0 Å². The van der Waals surface area contributed by atoms with Crippen LogP contribution in [0.2, 0.25) is 0 Å². The molecule has 0 aliphatic carbocycles. The highest BCUT2D eigenvalue weighted by Gasteiger charge is 2.34. The first-order chi connectivity index (χ1) is 11.0. The molecule has 23 heavy (non-hydrogen) atoms. The summed E-state index contributed by atoms with van der Waals surface area (Å²) in [5.41, 5.74) is 0.454. The fraction of sp³-hybridized carbons (Fsp3) is 0.556. The van der Waals surface area contributed by atoms with Gasteiger partial charge in [-0.1, -0.05) is 18.2 Å². The van der Waals surface area contributed by atoms with Gasteiger partial charge in [-0.3, -0.25) is 9.59 Å². The molecule has 2 aliphatic rings. The van der Waals surface area contributed by atoms with E-state index in [0.29, 0.717) is 37.9 Å². The number of carbonyl (C=O) groups excluding carboxylic acids is 2. The van der Waals surface area contributed by atoms with E-state index in [0.717, 1.165) is 12.8 Å². The highest BCUT2D eigenvalue weighted by Crippen LogP contribution is 2.30. The van der Waals surface area contributed by atoms with Crippen LogP contribution in [-0.4, -0.2) is 35.3 Å². The summed E-state index contributed by atoms with van der Waals surface area (Å²) in [6.45, 7) is 3.26. The largest absolute Gasteiger partial charge is 0.351 e. The maximum atomic E-state index is 13.9. The average molecular weight is 318 g/mol. The zero-order chi connectivity index (χ0) is 16.4. The molecule has 2 atom stereocenters. The van der Waals surface area contributed by atoms with E-state index in [2.05, 4.69) is 5.32 Å². The van der Waals surface area contributed by atoms with Crippen LogP contribution in [0.15, 0.2) is 24.3 Å². The Morgan fingerprint density at radius 2 is 2.22 bits per heavy atom. The number of carbonyl (C=O) groups is 2. The Balaban J connectivity index is 1.54. The normalized spacial score (nSPS) is 27.3. The number of hydrogen-bond acceptors (Lipinski definition) is 2. The lowest BCUT2D eigenvalue weighted by atomic mass is 9.94. The van der Waals surface area contributed by atoms with Crippen molar-refractivity contribution in [2.75, 3.05) is 13.1 Å². The molecule has 0 aromatic heterocycles. The van der Waals surface area contributed by atoms with Crippen LogP contribution in [0, 0.1) is 5.82 Å². The standard InChI is InChI=1S/C18H23FN2O2/c1-18(9-6-16(22)20-18)10-7-17(23)21-11-8-13(12-21)14-4-2-3-5-15(14)19/h2-5,13H,6-12H2,1H3,(H,20,22). The number of halogens is 1. The van der Waals surface area contributed by atoms with Gasteiger partial charge in [0.05, 0.1) is 0 Å². The molecule has 0 bridgehead atoms. The van der Waals surface area contributed by atoms with Gasteiger partial charge in [0.1, 0.15) is 5.82 Å². The van der Waals surface area contributed by atoms with Crippen LogP contribution in [0.1, 0.15) is 50.5 Å². The molecule has 2 unspecified atom stereocenters. The monoisotopic (exact) mass is 318 g/mol. The minimum absolute atomic E-state index is 0.0701. The zero-order valence-corrected chi connectivity index (χ0v) is 13.5. The minimum atomic E-state index is -0.253. The lowest BCUT2D eigenvalue weighted by Crippen LogP contribution is -2.40. The molecule has 0 radical (unpaired) electrons.